The summed E-state index contributed by atoms with van der Waals surface area (Å²) in [6, 6.07) is 12.7. The summed E-state index contributed by atoms with van der Waals surface area (Å²) in [4.78, 5) is 39.3. The Morgan fingerprint density at radius 3 is 2.33 bits per heavy atom. The third kappa shape index (κ3) is 5.80. The van der Waals surface area contributed by atoms with E-state index >= 15 is 0 Å². The lowest BCUT2D eigenvalue weighted by molar-refractivity contribution is -0.146. The number of dihydropyridines is 1. The highest BCUT2D eigenvalue weighted by molar-refractivity contribution is 6.30. The molecule has 1 heterocycles. The highest BCUT2D eigenvalue weighted by atomic mass is 35.5. The average molecular weight is 564 g/mol. The minimum Gasteiger partial charge on any atom is -0.493 e. The molecule has 0 amide bonds. The normalized spacial score (nSPS) is 21.4. The second-order valence-corrected chi connectivity index (χ2v) is 11.2. The maximum atomic E-state index is 13.9. The minimum absolute atomic E-state index is 0.0129. The van der Waals surface area contributed by atoms with Crippen LogP contribution in [-0.4, -0.2) is 30.9 Å². The maximum absolute atomic E-state index is 13.9. The van der Waals surface area contributed by atoms with Gasteiger partial charge in [0.25, 0.3) is 0 Å². The van der Waals surface area contributed by atoms with E-state index < -0.39 is 17.9 Å². The number of ether oxygens (including phenoxy) is 3. The fourth-order valence-corrected chi connectivity index (χ4v) is 6.24. The number of halogens is 1. The van der Waals surface area contributed by atoms with Crippen molar-refractivity contribution in [1.82, 2.24) is 5.32 Å². The Morgan fingerprint density at radius 2 is 1.65 bits per heavy atom. The lowest BCUT2D eigenvalue weighted by atomic mass is 9.71. The van der Waals surface area contributed by atoms with Crippen LogP contribution in [0.1, 0.15) is 81.8 Å². The van der Waals surface area contributed by atoms with E-state index in [2.05, 4.69) is 5.32 Å². The number of hydrogen-bond donors (Lipinski definition) is 1. The molecule has 1 saturated carbocycles. The molecular weight excluding hydrogens is 530 g/mol. The Balaban J connectivity index is 1.56. The van der Waals surface area contributed by atoms with Gasteiger partial charge in [-0.05, 0) is 80.3 Å². The van der Waals surface area contributed by atoms with Crippen molar-refractivity contribution in [2.75, 3.05) is 7.11 Å². The van der Waals surface area contributed by atoms with Gasteiger partial charge in [0.15, 0.2) is 17.3 Å². The van der Waals surface area contributed by atoms with Gasteiger partial charge in [-0.2, -0.15) is 0 Å². The summed E-state index contributed by atoms with van der Waals surface area (Å²) in [6.07, 6.45) is 5.70. The first-order valence-electron chi connectivity index (χ1n) is 13.8. The number of carbonyl (C=O) groups is 3. The number of allylic oxidation sites excluding steroid dienone is 3. The van der Waals surface area contributed by atoms with Crippen molar-refractivity contribution in [2.24, 2.45) is 0 Å². The molecule has 1 fully saturated rings. The maximum Gasteiger partial charge on any atom is 0.337 e. The molecule has 0 unspecified atom stereocenters. The van der Waals surface area contributed by atoms with Gasteiger partial charge in [0, 0.05) is 41.3 Å². The number of methoxy groups -OCH3 is 1. The Bertz CT molecular complexity index is 1390. The highest BCUT2D eigenvalue weighted by Crippen LogP contribution is 2.47. The van der Waals surface area contributed by atoms with Gasteiger partial charge in [-0.15, -0.1) is 0 Å². The van der Waals surface area contributed by atoms with Crippen LogP contribution in [0.4, 0.5) is 0 Å². The Labute approximate surface area is 239 Å². The molecule has 2 aromatic carbocycles. The summed E-state index contributed by atoms with van der Waals surface area (Å²) >= 11 is 6.10. The smallest absolute Gasteiger partial charge is 0.337 e. The largest absolute Gasteiger partial charge is 0.493 e. The molecule has 0 aromatic heterocycles. The van der Waals surface area contributed by atoms with E-state index in [-0.39, 0.29) is 23.6 Å². The van der Waals surface area contributed by atoms with Crippen molar-refractivity contribution in [3.05, 3.63) is 81.2 Å². The van der Waals surface area contributed by atoms with Gasteiger partial charge in [-0.25, -0.2) is 4.79 Å². The molecule has 8 heteroatoms. The lowest BCUT2D eigenvalue weighted by Crippen LogP contribution is -2.37. The molecule has 0 spiro atoms. The zero-order valence-corrected chi connectivity index (χ0v) is 23.8. The quantitative estimate of drug-likeness (QED) is 0.316. The van der Waals surface area contributed by atoms with Crippen LogP contribution >= 0.6 is 11.6 Å². The lowest BCUT2D eigenvalue weighted by Gasteiger charge is -2.37. The van der Waals surface area contributed by atoms with Crippen molar-refractivity contribution in [3.63, 3.8) is 0 Å². The molecule has 0 radical (unpaired) electrons. The first-order valence-corrected chi connectivity index (χ1v) is 14.2. The molecule has 5 rings (SSSR count). The molecule has 7 nitrogen and oxygen atoms in total. The Kier molecular flexibility index (Phi) is 8.31. The van der Waals surface area contributed by atoms with E-state index in [0.29, 0.717) is 46.0 Å². The molecule has 40 heavy (non-hydrogen) atoms. The number of carbonyl (C=O) groups excluding carboxylic acids is 3. The van der Waals surface area contributed by atoms with E-state index in [9.17, 15) is 14.4 Å². The van der Waals surface area contributed by atoms with Crippen molar-refractivity contribution in [2.45, 2.75) is 76.7 Å². The standard InChI is InChI=1S/C32H34ClNO6/c1-18-29(32(37)40-24-7-5-4-6-8-24)30(21-11-14-27(39-19(2)35)28(17-21)38-3)31-25(34-18)15-22(16-26(31)36)20-9-12-23(33)13-10-20/h9-14,17,22,24,30,34H,4-8,15-16H2,1-3H3/t22-,30-/m0/s1. The second-order valence-electron chi connectivity index (χ2n) is 10.7. The van der Waals surface area contributed by atoms with E-state index in [1.165, 1.54) is 14.0 Å². The number of benzene rings is 2. The number of nitrogens with one attached hydrogen (secondary N) is 1. The van der Waals surface area contributed by atoms with Crippen LogP contribution in [0.2, 0.25) is 5.02 Å². The highest BCUT2D eigenvalue weighted by Gasteiger charge is 2.42. The molecular formula is C32H34ClNO6. The number of Topliss-reactive ketones (excluding diaryl/α,β-unsaturated/α-hetero) is 1. The number of ketones is 1. The first kappa shape index (κ1) is 28.0. The fourth-order valence-electron chi connectivity index (χ4n) is 6.11. The Morgan fingerprint density at radius 1 is 0.950 bits per heavy atom. The summed E-state index contributed by atoms with van der Waals surface area (Å²) in [7, 11) is 1.49. The predicted molar refractivity (Wildman–Crippen MR) is 151 cm³/mol. The second kappa shape index (κ2) is 11.9. The van der Waals surface area contributed by atoms with E-state index in [0.717, 1.165) is 43.4 Å². The van der Waals surface area contributed by atoms with Gasteiger partial charge in [0.1, 0.15) is 6.10 Å². The van der Waals surface area contributed by atoms with Gasteiger partial charge in [-0.1, -0.05) is 36.2 Å². The van der Waals surface area contributed by atoms with Gasteiger partial charge in [0.05, 0.1) is 12.7 Å². The van der Waals surface area contributed by atoms with Crippen molar-refractivity contribution >= 4 is 29.3 Å². The summed E-state index contributed by atoms with van der Waals surface area (Å²) < 4.78 is 16.9. The van der Waals surface area contributed by atoms with E-state index in [4.69, 9.17) is 25.8 Å². The zero-order valence-electron chi connectivity index (χ0n) is 23.1. The average Bonchev–Trinajstić information content (AvgIpc) is 2.93. The van der Waals surface area contributed by atoms with Crippen LogP contribution in [0.15, 0.2) is 65.0 Å². The Hall–Kier alpha value is -3.58. The van der Waals surface area contributed by atoms with Gasteiger partial charge >= 0.3 is 11.9 Å². The third-order valence-electron chi connectivity index (χ3n) is 7.99. The van der Waals surface area contributed by atoms with Gasteiger partial charge < -0.3 is 19.5 Å². The van der Waals surface area contributed by atoms with E-state index in [1.807, 2.05) is 31.2 Å². The zero-order chi connectivity index (χ0) is 28.4. The number of esters is 2. The SMILES string of the molecule is COc1cc([C@H]2C(C(=O)OC3CCCCC3)=C(C)NC3=C2C(=O)C[C@@H](c2ccc(Cl)cc2)C3)ccc1OC(C)=O. The molecule has 2 aromatic rings. The summed E-state index contributed by atoms with van der Waals surface area (Å²) in [5, 5.41) is 4.05. The van der Waals surface area contributed by atoms with Gasteiger partial charge in [-0.3, -0.25) is 9.59 Å². The minimum atomic E-state index is -0.647. The van der Waals surface area contributed by atoms with E-state index in [1.54, 1.807) is 18.2 Å². The molecule has 1 aliphatic heterocycles. The predicted octanol–water partition coefficient (Wildman–Crippen LogP) is 6.51. The van der Waals surface area contributed by atoms with Crippen LogP contribution in [0.3, 0.4) is 0 Å². The summed E-state index contributed by atoms with van der Waals surface area (Å²) in [6.45, 7) is 3.18. The molecule has 0 saturated heterocycles. The molecule has 0 bridgehead atoms. The topological polar surface area (TPSA) is 90.9 Å². The van der Waals surface area contributed by atoms with Crippen LogP contribution < -0.4 is 14.8 Å². The van der Waals surface area contributed by atoms with Gasteiger partial charge in [0.2, 0.25) is 0 Å². The molecule has 3 aliphatic rings. The van der Waals surface area contributed by atoms with Crippen LogP contribution in [0.5, 0.6) is 11.5 Å². The monoisotopic (exact) mass is 563 g/mol. The number of rotatable bonds is 6. The molecule has 2 aliphatic carbocycles. The van der Waals surface area contributed by atoms with Crippen LogP contribution in [-0.2, 0) is 19.1 Å². The molecule has 1 N–H and O–H groups in total. The molecule has 2 atom stereocenters. The van der Waals surface area contributed by atoms with Crippen LogP contribution in [0, 0.1) is 0 Å². The van der Waals surface area contributed by atoms with Crippen molar-refractivity contribution in [3.8, 4) is 11.5 Å². The molecule has 210 valence electrons. The van der Waals surface area contributed by atoms with Crippen LogP contribution in [0.25, 0.3) is 0 Å². The number of hydrogen-bond acceptors (Lipinski definition) is 7. The fraction of sp³-hybridized carbons (Fsp3) is 0.406. The summed E-state index contributed by atoms with van der Waals surface area (Å²) in [5.41, 5.74) is 4.18. The third-order valence-corrected chi connectivity index (χ3v) is 8.24. The summed E-state index contributed by atoms with van der Waals surface area (Å²) in [5.74, 6) is -0.963. The van der Waals surface area contributed by atoms with Crippen molar-refractivity contribution in [1.29, 1.82) is 0 Å². The first-order chi connectivity index (χ1) is 19.2. The van der Waals surface area contributed by atoms with Crippen molar-refractivity contribution < 1.29 is 28.6 Å².